The number of nitro groups is 1. The van der Waals surface area contributed by atoms with Gasteiger partial charge in [0.25, 0.3) is 5.69 Å². The second-order valence-electron chi connectivity index (χ2n) is 3.76. The van der Waals surface area contributed by atoms with Gasteiger partial charge in [-0.15, -0.1) is 0 Å². The van der Waals surface area contributed by atoms with Crippen molar-refractivity contribution in [2.45, 2.75) is 5.92 Å². The highest BCUT2D eigenvalue weighted by Gasteiger charge is 2.23. The van der Waals surface area contributed by atoms with Crippen molar-refractivity contribution in [3.63, 3.8) is 0 Å². The Bertz CT molecular complexity index is 563. The van der Waals surface area contributed by atoms with Crippen molar-refractivity contribution in [3.05, 3.63) is 64.0 Å². The lowest BCUT2D eigenvalue weighted by atomic mass is 9.90. The molecular formula is C12H10N2O4. The number of hydrogen-bond acceptors (Lipinski definition) is 4. The van der Waals surface area contributed by atoms with Crippen molar-refractivity contribution in [1.29, 1.82) is 0 Å². The average Bonchev–Trinajstić information content (AvgIpc) is 2.39. The van der Waals surface area contributed by atoms with Crippen LogP contribution in [-0.4, -0.2) is 16.0 Å². The average molecular weight is 246 g/mol. The summed E-state index contributed by atoms with van der Waals surface area (Å²) in [6.45, 7) is 0. The van der Waals surface area contributed by atoms with E-state index in [1.807, 2.05) is 0 Å². The van der Waals surface area contributed by atoms with Crippen molar-refractivity contribution in [2.75, 3.05) is 0 Å². The zero-order valence-corrected chi connectivity index (χ0v) is 9.24. The monoisotopic (exact) mass is 246 g/mol. The molecule has 0 fully saturated rings. The standard InChI is InChI=1S/C12H10N2O4/c15-12(16)11-7-13-5-4-10(11)8-2-1-3-9(6-8)14(17)18/h1-7,10,13H,(H,15,16). The molecule has 2 rings (SSSR count). The van der Waals surface area contributed by atoms with Crippen LogP contribution in [0.3, 0.4) is 0 Å². The van der Waals surface area contributed by atoms with E-state index < -0.39 is 16.8 Å². The molecule has 0 saturated carbocycles. The molecule has 18 heavy (non-hydrogen) atoms. The zero-order valence-electron chi connectivity index (χ0n) is 9.24. The van der Waals surface area contributed by atoms with E-state index in [9.17, 15) is 14.9 Å². The van der Waals surface area contributed by atoms with Crippen molar-refractivity contribution < 1.29 is 14.8 Å². The van der Waals surface area contributed by atoms with E-state index in [1.54, 1.807) is 24.4 Å². The zero-order chi connectivity index (χ0) is 13.1. The van der Waals surface area contributed by atoms with Crippen LogP contribution in [0.1, 0.15) is 11.5 Å². The van der Waals surface area contributed by atoms with Crippen molar-refractivity contribution in [3.8, 4) is 0 Å². The predicted octanol–water partition coefficient (Wildman–Crippen LogP) is 1.76. The summed E-state index contributed by atoms with van der Waals surface area (Å²) in [5, 5.41) is 22.5. The summed E-state index contributed by atoms with van der Waals surface area (Å²) in [6.07, 6.45) is 4.64. The Morgan fingerprint density at radius 3 is 2.89 bits per heavy atom. The number of nitrogens with one attached hydrogen (secondary N) is 1. The molecule has 1 aromatic carbocycles. The van der Waals surface area contributed by atoms with Gasteiger partial charge < -0.3 is 10.4 Å². The smallest absolute Gasteiger partial charge is 0.334 e. The normalized spacial score (nSPS) is 17.8. The second kappa shape index (κ2) is 4.70. The molecule has 1 atom stereocenters. The van der Waals surface area contributed by atoms with Crippen LogP contribution in [0.15, 0.2) is 48.3 Å². The van der Waals surface area contributed by atoms with E-state index in [2.05, 4.69) is 5.32 Å². The Labute approximate surface area is 102 Å². The van der Waals surface area contributed by atoms with E-state index in [-0.39, 0.29) is 11.3 Å². The number of carbonyl (C=O) groups is 1. The molecule has 0 aliphatic carbocycles. The molecule has 0 saturated heterocycles. The van der Waals surface area contributed by atoms with Crippen molar-refractivity contribution >= 4 is 11.7 Å². The van der Waals surface area contributed by atoms with Gasteiger partial charge in [-0.25, -0.2) is 4.79 Å². The fourth-order valence-corrected chi connectivity index (χ4v) is 1.80. The maximum absolute atomic E-state index is 11.1. The molecule has 0 amide bonds. The molecule has 1 unspecified atom stereocenters. The minimum atomic E-state index is -1.05. The van der Waals surface area contributed by atoms with Crippen LogP contribution < -0.4 is 5.32 Å². The van der Waals surface area contributed by atoms with Crippen LogP contribution in [0.4, 0.5) is 5.69 Å². The lowest BCUT2D eigenvalue weighted by molar-refractivity contribution is -0.384. The summed E-state index contributed by atoms with van der Waals surface area (Å²) < 4.78 is 0. The van der Waals surface area contributed by atoms with E-state index in [0.717, 1.165) is 0 Å². The molecule has 6 heteroatoms. The van der Waals surface area contributed by atoms with Gasteiger partial charge in [-0.05, 0) is 11.8 Å². The summed E-state index contributed by atoms with van der Waals surface area (Å²) in [4.78, 5) is 21.3. The Hall–Kier alpha value is -2.63. The highest BCUT2D eigenvalue weighted by atomic mass is 16.6. The molecule has 0 spiro atoms. The third kappa shape index (κ3) is 2.22. The summed E-state index contributed by atoms with van der Waals surface area (Å²) in [5.41, 5.74) is 0.678. The first-order chi connectivity index (χ1) is 8.59. The highest BCUT2D eigenvalue weighted by Crippen LogP contribution is 2.29. The summed E-state index contributed by atoms with van der Waals surface area (Å²) in [5.74, 6) is -1.54. The number of nitrogens with zero attached hydrogens (tertiary/aromatic N) is 1. The molecule has 1 aliphatic heterocycles. The first-order valence-corrected chi connectivity index (χ1v) is 5.20. The van der Waals surface area contributed by atoms with Crippen LogP contribution in [0.25, 0.3) is 0 Å². The predicted molar refractivity (Wildman–Crippen MR) is 63.8 cm³/mol. The van der Waals surface area contributed by atoms with Crippen LogP contribution in [0.2, 0.25) is 0 Å². The second-order valence-corrected chi connectivity index (χ2v) is 3.76. The van der Waals surface area contributed by atoms with Gasteiger partial charge in [0.2, 0.25) is 0 Å². The van der Waals surface area contributed by atoms with Gasteiger partial charge >= 0.3 is 5.97 Å². The molecule has 1 aliphatic rings. The fraction of sp³-hybridized carbons (Fsp3) is 0.0833. The van der Waals surface area contributed by atoms with Crippen LogP contribution >= 0.6 is 0 Å². The van der Waals surface area contributed by atoms with Gasteiger partial charge in [0.15, 0.2) is 0 Å². The number of aliphatic carboxylic acids is 1. The Balaban J connectivity index is 2.41. The van der Waals surface area contributed by atoms with Gasteiger partial charge in [-0.1, -0.05) is 18.2 Å². The Kier molecular flexibility index (Phi) is 3.09. The maximum atomic E-state index is 11.1. The molecule has 1 aromatic rings. The number of carboxylic acid groups (broad SMARTS) is 1. The lowest BCUT2D eigenvalue weighted by Crippen LogP contribution is -2.16. The van der Waals surface area contributed by atoms with E-state index in [1.165, 1.54) is 18.3 Å². The van der Waals surface area contributed by atoms with Crippen LogP contribution in [0, 0.1) is 10.1 Å². The Morgan fingerprint density at radius 1 is 1.44 bits per heavy atom. The SMILES string of the molecule is O=C(O)C1=CNC=CC1c1cccc([N+](=O)[O-])c1. The summed E-state index contributed by atoms with van der Waals surface area (Å²) in [6, 6.07) is 5.97. The van der Waals surface area contributed by atoms with E-state index in [4.69, 9.17) is 5.11 Å². The van der Waals surface area contributed by atoms with Gasteiger partial charge in [0.05, 0.1) is 10.5 Å². The first kappa shape index (κ1) is 11.8. The van der Waals surface area contributed by atoms with Crippen molar-refractivity contribution in [2.24, 2.45) is 0 Å². The number of hydrogen-bond donors (Lipinski definition) is 2. The van der Waals surface area contributed by atoms with Gasteiger partial charge in [-0.2, -0.15) is 0 Å². The molecule has 2 N–H and O–H groups in total. The van der Waals surface area contributed by atoms with E-state index >= 15 is 0 Å². The number of nitro benzene ring substituents is 1. The van der Waals surface area contributed by atoms with Crippen molar-refractivity contribution in [1.82, 2.24) is 5.32 Å². The number of benzene rings is 1. The van der Waals surface area contributed by atoms with Crippen LogP contribution in [0.5, 0.6) is 0 Å². The van der Waals surface area contributed by atoms with Crippen LogP contribution in [-0.2, 0) is 4.79 Å². The summed E-state index contributed by atoms with van der Waals surface area (Å²) in [7, 11) is 0. The molecule has 92 valence electrons. The number of dihydropyridines is 1. The highest BCUT2D eigenvalue weighted by molar-refractivity contribution is 5.89. The third-order valence-corrected chi connectivity index (χ3v) is 2.65. The topological polar surface area (TPSA) is 92.5 Å². The van der Waals surface area contributed by atoms with Gasteiger partial charge in [0.1, 0.15) is 0 Å². The Morgan fingerprint density at radius 2 is 2.22 bits per heavy atom. The van der Waals surface area contributed by atoms with E-state index in [0.29, 0.717) is 5.56 Å². The number of rotatable bonds is 3. The van der Waals surface area contributed by atoms with Gasteiger partial charge in [-0.3, -0.25) is 10.1 Å². The third-order valence-electron chi connectivity index (χ3n) is 2.65. The minimum Gasteiger partial charge on any atom is -0.478 e. The number of carboxylic acids is 1. The summed E-state index contributed by atoms with van der Waals surface area (Å²) >= 11 is 0. The fourth-order valence-electron chi connectivity index (χ4n) is 1.80. The maximum Gasteiger partial charge on any atom is 0.334 e. The molecule has 0 aromatic heterocycles. The lowest BCUT2D eigenvalue weighted by Gasteiger charge is -2.17. The minimum absolute atomic E-state index is 0.0517. The quantitative estimate of drug-likeness (QED) is 0.626. The molecular weight excluding hydrogens is 236 g/mol. The number of non-ortho nitro benzene ring substituents is 1. The molecule has 1 heterocycles. The number of allylic oxidation sites excluding steroid dienone is 1. The molecule has 0 bridgehead atoms. The molecule has 6 nitrogen and oxygen atoms in total. The largest absolute Gasteiger partial charge is 0.478 e. The van der Waals surface area contributed by atoms with Gasteiger partial charge in [0, 0.05) is 24.3 Å². The first-order valence-electron chi connectivity index (χ1n) is 5.20. The molecule has 0 radical (unpaired) electrons.